The molecule has 0 saturated heterocycles. The summed E-state index contributed by atoms with van der Waals surface area (Å²) in [4.78, 5) is 9.30. The highest BCUT2D eigenvalue weighted by atomic mass is 79.9. The van der Waals surface area contributed by atoms with E-state index in [1.54, 1.807) is 0 Å². The van der Waals surface area contributed by atoms with Crippen molar-refractivity contribution in [3.63, 3.8) is 0 Å². The van der Waals surface area contributed by atoms with Gasteiger partial charge in [-0.3, -0.25) is 4.79 Å². The van der Waals surface area contributed by atoms with E-state index in [0.29, 0.717) is 0 Å². The minimum absolute atomic E-state index is 0.0126. The standard InChI is InChI=1S/C8H6BrF3O3S/c9-6(7(14,15)8(10,11)12)5(13)4-2-1-3-16-4/h1-3,6,14-15H/t6-/m1/s1. The molecule has 1 rings (SSSR count). The SMILES string of the molecule is O=C(c1cccs1)[C@@H](Br)C(O)(O)C(F)(F)F. The third-order valence-corrected chi connectivity index (χ3v) is 3.70. The van der Waals surface area contributed by atoms with Crippen LogP contribution in [0.4, 0.5) is 13.2 Å². The second-order valence-corrected chi connectivity index (χ2v) is 4.79. The van der Waals surface area contributed by atoms with Crippen LogP contribution >= 0.6 is 27.3 Å². The number of Topliss-reactive ketones (excluding diaryl/α,β-unsaturated/α-hetero) is 1. The van der Waals surface area contributed by atoms with Gasteiger partial charge in [0.1, 0.15) is 4.83 Å². The zero-order valence-electron chi connectivity index (χ0n) is 7.53. The topological polar surface area (TPSA) is 57.5 Å². The molecule has 0 spiro atoms. The molecule has 1 aromatic heterocycles. The Balaban J connectivity index is 2.95. The highest BCUT2D eigenvalue weighted by Crippen LogP contribution is 2.36. The Labute approximate surface area is 101 Å². The van der Waals surface area contributed by atoms with E-state index in [1.807, 2.05) is 0 Å². The van der Waals surface area contributed by atoms with Crippen molar-refractivity contribution in [3.8, 4) is 0 Å². The lowest BCUT2D eigenvalue weighted by molar-refractivity contribution is -0.342. The Hall–Kier alpha value is -0.440. The van der Waals surface area contributed by atoms with Crippen molar-refractivity contribution in [2.75, 3.05) is 0 Å². The molecule has 0 bridgehead atoms. The molecule has 16 heavy (non-hydrogen) atoms. The summed E-state index contributed by atoms with van der Waals surface area (Å²) in [5.74, 6) is -5.12. The lowest BCUT2D eigenvalue weighted by Crippen LogP contribution is -2.54. The van der Waals surface area contributed by atoms with Gasteiger partial charge in [0.05, 0.1) is 4.88 Å². The van der Waals surface area contributed by atoms with E-state index in [9.17, 15) is 18.0 Å². The summed E-state index contributed by atoms with van der Waals surface area (Å²) < 4.78 is 36.6. The van der Waals surface area contributed by atoms with Gasteiger partial charge in [-0.2, -0.15) is 13.2 Å². The van der Waals surface area contributed by atoms with Gasteiger partial charge in [-0.15, -0.1) is 11.3 Å². The minimum Gasteiger partial charge on any atom is -0.357 e. The van der Waals surface area contributed by atoms with E-state index in [-0.39, 0.29) is 4.88 Å². The van der Waals surface area contributed by atoms with Crippen molar-refractivity contribution >= 4 is 33.0 Å². The maximum Gasteiger partial charge on any atom is 0.444 e. The number of aliphatic hydroxyl groups is 2. The van der Waals surface area contributed by atoms with E-state index in [2.05, 4.69) is 15.9 Å². The summed E-state index contributed by atoms with van der Waals surface area (Å²) in [6.45, 7) is 0. The molecule has 0 fully saturated rings. The second kappa shape index (κ2) is 4.44. The van der Waals surface area contributed by atoms with Gasteiger partial charge in [0, 0.05) is 0 Å². The number of carbonyl (C=O) groups excluding carboxylic acids is 1. The summed E-state index contributed by atoms with van der Waals surface area (Å²) in [6.07, 6.45) is -5.31. The van der Waals surface area contributed by atoms with Gasteiger partial charge < -0.3 is 10.2 Å². The molecule has 0 aliphatic rings. The molecule has 1 atom stereocenters. The van der Waals surface area contributed by atoms with Crippen molar-refractivity contribution in [2.45, 2.75) is 16.8 Å². The predicted octanol–water partition coefficient (Wildman–Crippen LogP) is 1.94. The van der Waals surface area contributed by atoms with Crippen molar-refractivity contribution < 1.29 is 28.2 Å². The maximum atomic E-state index is 12.2. The Morgan fingerprint density at radius 2 is 2.00 bits per heavy atom. The van der Waals surface area contributed by atoms with Crippen LogP contribution in [-0.4, -0.2) is 32.8 Å². The normalized spacial score (nSPS) is 14.9. The van der Waals surface area contributed by atoms with Crippen LogP contribution in [0.2, 0.25) is 0 Å². The third kappa shape index (κ3) is 2.45. The van der Waals surface area contributed by atoms with Crippen LogP contribution in [-0.2, 0) is 0 Å². The van der Waals surface area contributed by atoms with Gasteiger partial charge in [-0.1, -0.05) is 22.0 Å². The second-order valence-electron chi connectivity index (χ2n) is 2.93. The van der Waals surface area contributed by atoms with Crippen LogP contribution in [0, 0.1) is 0 Å². The summed E-state index contributed by atoms with van der Waals surface area (Å²) in [7, 11) is 0. The first-order chi connectivity index (χ1) is 7.18. The molecule has 0 amide bonds. The van der Waals surface area contributed by atoms with Crippen LogP contribution in [0.3, 0.4) is 0 Å². The predicted molar refractivity (Wildman–Crippen MR) is 54.6 cm³/mol. The number of halogens is 4. The number of ketones is 1. The Morgan fingerprint density at radius 3 is 2.38 bits per heavy atom. The van der Waals surface area contributed by atoms with Crippen LogP contribution in [0.15, 0.2) is 17.5 Å². The fourth-order valence-electron chi connectivity index (χ4n) is 0.870. The smallest absolute Gasteiger partial charge is 0.357 e. The van der Waals surface area contributed by atoms with Gasteiger partial charge in [0.25, 0.3) is 5.79 Å². The van der Waals surface area contributed by atoms with Crippen molar-refractivity contribution in [1.82, 2.24) is 0 Å². The van der Waals surface area contributed by atoms with Crippen LogP contribution in [0.25, 0.3) is 0 Å². The Bertz CT molecular complexity index is 374. The molecule has 0 aliphatic heterocycles. The summed E-state index contributed by atoms with van der Waals surface area (Å²) >= 11 is 3.28. The molecule has 1 heterocycles. The average molecular weight is 319 g/mol. The first-order valence-corrected chi connectivity index (χ1v) is 5.70. The fourth-order valence-corrected chi connectivity index (χ4v) is 2.22. The molecule has 0 aliphatic carbocycles. The highest BCUT2D eigenvalue weighted by Gasteiger charge is 2.59. The monoisotopic (exact) mass is 318 g/mol. The largest absolute Gasteiger partial charge is 0.444 e. The number of rotatable bonds is 3. The van der Waals surface area contributed by atoms with E-state index >= 15 is 0 Å². The molecule has 2 N–H and O–H groups in total. The fraction of sp³-hybridized carbons (Fsp3) is 0.375. The summed E-state index contributed by atoms with van der Waals surface area (Å²) in [6, 6.07) is 2.77. The zero-order chi connectivity index (χ0) is 12.6. The molecule has 1 aromatic rings. The number of thiophene rings is 1. The molecule has 3 nitrogen and oxygen atoms in total. The van der Waals surface area contributed by atoms with Crippen molar-refractivity contribution in [1.29, 1.82) is 0 Å². The Morgan fingerprint density at radius 1 is 1.44 bits per heavy atom. The molecular formula is C8H6BrF3O3S. The number of carbonyl (C=O) groups is 1. The molecule has 0 unspecified atom stereocenters. The van der Waals surface area contributed by atoms with Gasteiger partial charge in [-0.05, 0) is 11.4 Å². The minimum atomic E-state index is -5.31. The van der Waals surface area contributed by atoms with E-state index in [4.69, 9.17) is 10.2 Å². The number of hydrogen-bond acceptors (Lipinski definition) is 4. The third-order valence-electron chi connectivity index (χ3n) is 1.76. The highest BCUT2D eigenvalue weighted by molar-refractivity contribution is 9.10. The average Bonchev–Trinajstić information content (AvgIpc) is 2.66. The first kappa shape index (κ1) is 13.6. The zero-order valence-corrected chi connectivity index (χ0v) is 9.93. The van der Waals surface area contributed by atoms with E-state index in [1.165, 1.54) is 17.5 Å². The van der Waals surface area contributed by atoms with Gasteiger partial charge in [-0.25, -0.2) is 0 Å². The van der Waals surface area contributed by atoms with Gasteiger partial charge in [0.15, 0.2) is 5.78 Å². The van der Waals surface area contributed by atoms with Gasteiger partial charge in [0.2, 0.25) is 0 Å². The van der Waals surface area contributed by atoms with Crippen molar-refractivity contribution in [2.24, 2.45) is 0 Å². The maximum absolute atomic E-state index is 12.2. The van der Waals surface area contributed by atoms with Gasteiger partial charge >= 0.3 is 6.18 Å². The Kier molecular flexibility index (Phi) is 3.78. The molecular weight excluding hydrogens is 313 g/mol. The number of alkyl halides is 4. The lowest BCUT2D eigenvalue weighted by atomic mass is 10.1. The molecule has 0 radical (unpaired) electrons. The summed E-state index contributed by atoms with van der Waals surface area (Å²) in [5.41, 5.74) is 0. The molecule has 90 valence electrons. The quantitative estimate of drug-likeness (QED) is 0.509. The van der Waals surface area contributed by atoms with Crippen LogP contribution in [0.1, 0.15) is 9.67 Å². The molecule has 8 heteroatoms. The van der Waals surface area contributed by atoms with E-state index < -0.39 is 22.6 Å². The number of hydrogen-bond donors (Lipinski definition) is 2. The molecule has 0 aromatic carbocycles. The van der Waals surface area contributed by atoms with Crippen LogP contribution in [0.5, 0.6) is 0 Å². The van der Waals surface area contributed by atoms with Crippen molar-refractivity contribution in [3.05, 3.63) is 22.4 Å². The molecule has 0 saturated carbocycles. The summed E-state index contributed by atoms with van der Waals surface area (Å²) in [5, 5.41) is 19.2. The van der Waals surface area contributed by atoms with E-state index in [0.717, 1.165) is 11.3 Å². The van der Waals surface area contributed by atoms with Crippen LogP contribution < -0.4 is 0 Å². The first-order valence-electron chi connectivity index (χ1n) is 3.91. The lowest BCUT2D eigenvalue weighted by Gasteiger charge is -2.27.